The zero-order valence-corrected chi connectivity index (χ0v) is 11.1. The van der Waals surface area contributed by atoms with Crippen molar-refractivity contribution in [1.82, 2.24) is 0 Å². The summed E-state index contributed by atoms with van der Waals surface area (Å²) in [6.07, 6.45) is 2.18. The Labute approximate surface area is 113 Å². The molecule has 0 radical (unpaired) electrons. The van der Waals surface area contributed by atoms with E-state index < -0.39 is 5.97 Å². The van der Waals surface area contributed by atoms with Gasteiger partial charge in [-0.1, -0.05) is 0 Å². The Hall–Kier alpha value is -1.75. The molecule has 0 bridgehead atoms. The Kier molecular flexibility index (Phi) is 4.27. The molecule has 1 unspecified atom stereocenters. The minimum atomic E-state index is -0.934. The van der Waals surface area contributed by atoms with E-state index in [4.69, 9.17) is 10.5 Å². The zero-order chi connectivity index (χ0) is 13.8. The predicted molar refractivity (Wildman–Crippen MR) is 74.6 cm³/mol. The number of nitrogens with two attached hydrogens (primary N) is 1. The van der Waals surface area contributed by atoms with Crippen LogP contribution in [0.2, 0.25) is 0 Å². The van der Waals surface area contributed by atoms with Crippen molar-refractivity contribution >= 4 is 17.3 Å². The summed E-state index contributed by atoms with van der Waals surface area (Å²) in [4.78, 5) is 13.4. The predicted octanol–water partition coefficient (Wildman–Crippen LogP) is 1.83. The first-order chi connectivity index (χ1) is 9.11. The summed E-state index contributed by atoms with van der Waals surface area (Å²) < 4.78 is 5.20. The minimum Gasteiger partial charge on any atom is -0.478 e. The molecule has 0 amide bonds. The van der Waals surface area contributed by atoms with E-state index in [0.29, 0.717) is 18.2 Å². The topological polar surface area (TPSA) is 75.8 Å². The molecule has 2 rings (SSSR count). The Morgan fingerprint density at radius 3 is 3.05 bits per heavy atom. The van der Waals surface area contributed by atoms with Crippen LogP contribution >= 0.6 is 0 Å². The van der Waals surface area contributed by atoms with Gasteiger partial charge in [-0.05, 0) is 37.0 Å². The van der Waals surface area contributed by atoms with Gasteiger partial charge in [0.15, 0.2) is 0 Å². The normalized spacial score (nSPS) is 19.4. The molecule has 0 saturated carbocycles. The molecule has 1 aliphatic rings. The van der Waals surface area contributed by atoms with Gasteiger partial charge in [-0.15, -0.1) is 0 Å². The van der Waals surface area contributed by atoms with Crippen LogP contribution in [0.4, 0.5) is 11.4 Å². The van der Waals surface area contributed by atoms with Gasteiger partial charge in [-0.3, -0.25) is 0 Å². The summed E-state index contributed by atoms with van der Waals surface area (Å²) >= 11 is 0. The van der Waals surface area contributed by atoms with E-state index in [1.807, 2.05) is 0 Å². The third kappa shape index (κ3) is 3.17. The highest BCUT2D eigenvalue weighted by molar-refractivity contribution is 5.95. The molecule has 1 aromatic carbocycles. The van der Waals surface area contributed by atoms with E-state index in [1.54, 1.807) is 19.2 Å². The molecular weight excluding hydrogens is 244 g/mol. The molecule has 1 fully saturated rings. The number of aromatic carboxylic acids is 1. The summed E-state index contributed by atoms with van der Waals surface area (Å²) in [7, 11) is 1.70. The maximum Gasteiger partial charge on any atom is 0.337 e. The lowest BCUT2D eigenvalue weighted by atomic mass is 9.97. The third-order valence-corrected chi connectivity index (χ3v) is 3.51. The lowest BCUT2D eigenvalue weighted by molar-refractivity contribution is 0.0697. The van der Waals surface area contributed by atoms with Gasteiger partial charge in [0.25, 0.3) is 0 Å². The number of carboxylic acid groups (broad SMARTS) is 1. The Bertz CT molecular complexity index is 460. The number of anilines is 2. The largest absolute Gasteiger partial charge is 0.478 e. The van der Waals surface area contributed by atoms with Gasteiger partial charge < -0.3 is 20.5 Å². The van der Waals surface area contributed by atoms with Gasteiger partial charge in [0, 0.05) is 25.9 Å². The molecule has 3 N–H and O–H groups in total. The van der Waals surface area contributed by atoms with Crippen molar-refractivity contribution in [2.24, 2.45) is 5.92 Å². The van der Waals surface area contributed by atoms with E-state index in [-0.39, 0.29) is 5.56 Å². The number of ether oxygens (including phenoxy) is 1. The summed E-state index contributed by atoms with van der Waals surface area (Å²) in [6, 6.07) is 5.08. The van der Waals surface area contributed by atoms with Crippen LogP contribution in [0.15, 0.2) is 18.2 Å². The number of rotatable bonds is 4. The molecule has 1 aromatic rings. The smallest absolute Gasteiger partial charge is 0.337 e. The number of hydrogen-bond acceptors (Lipinski definition) is 4. The van der Waals surface area contributed by atoms with Crippen LogP contribution in [0.1, 0.15) is 23.2 Å². The van der Waals surface area contributed by atoms with Crippen molar-refractivity contribution in [2.45, 2.75) is 12.8 Å². The van der Waals surface area contributed by atoms with Crippen LogP contribution in [0, 0.1) is 5.92 Å². The molecule has 1 atom stereocenters. The SMILES string of the molecule is COCC1CCCN(c2ccc(N)cc2C(=O)O)C1. The molecule has 5 nitrogen and oxygen atoms in total. The molecule has 0 aromatic heterocycles. The van der Waals surface area contributed by atoms with Crippen LogP contribution in [0.5, 0.6) is 0 Å². The van der Waals surface area contributed by atoms with Crippen molar-refractivity contribution in [2.75, 3.05) is 37.4 Å². The average molecular weight is 264 g/mol. The number of methoxy groups -OCH3 is 1. The number of carboxylic acids is 1. The van der Waals surface area contributed by atoms with Crippen LogP contribution in [0.3, 0.4) is 0 Å². The molecule has 19 heavy (non-hydrogen) atoms. The summed E-state index contributed by atoms with van der Waals surface area (Å²) in [5, 5.41) is 9.28. The maximum absolute atomic E-state index is 11.3. The molecule has 0 spiro atoms. The van der Waals surface area contributed by atoms with Gasteiger partial charge in [-0.2, -0.15) is 0 Å². The highest BCUT2D eigenvalue weighted by Crippen LogP contribution is 2.28. The molecule has 1 saturated heterocycles. The van der Waals surface area contributed by atoms with Gasteiger partial charge >= 0.3 is 5.97 Å². The van der Waals surface area contributed by atoms with Crippen LogP contribution in [-0.2, 0) is 4.74 Å². The van der Waals surface area contributed by atoms with Crippen LogP contribution in [0.25, 0.3) is 0 Å². The third-order valence-electron chi connectivity index (χ3n) is 3.51. The summed E-state index contributed by atoms with van der Waals surface area (Å²) in [5.74, 6) is -0.478. The van der Waals surface area contributed by atoms with Gasteiger partial charge in [0.2, 0.25) is 0 Å². The minimum absolute atomic E-state index is 0.276. The van der Waals surface area contributed by atoms with Crippen molar-refractivity contribution in [3.63, 3.8) is 0 Å². The molecule has 1 aliphatic heterocycles. The quantitative estimate of drug-likeness (QED) is 0.811. The van der Waals surface area contributed by atoms with Crippen molar-refractivity contribution in [3.05, 3.63) is 23.8 Å². The second-order valence-electron chi connectivity index (χ2n) is 4.99. The van der Waals surface area contributed by atoms with E-state index in [0.717, 1.165) is 31.6 Å². The van der Waals surface area contributed by atoms with Gasteiger partial charge in [0.05, 0.1) is 17.9 Å². The first-order valence-corrected chi connectivity index (χ1v) is 6.48. The highest BCUT2D eigenvalue weighted by atomic mass is 16.5. The van der Waals surface area contributed by atoms with E-state index in [1.165, 1.54) is 6.07 Å². The summed E-state index contributed by atoms with van der Waals surface area (Å²) in [6.45, 7) is 2.43. The number of nitrogens with zero attached hydrogens (tertiary/aromatic N) is 1. The Morgan fingerprint density at radius 2 is 2.37 bits per heavy atom. The first kappa shape index (κ1) is 13.7. The van der Waals surface area contributed by atoms with Crippen molar-refractivity contribution < 1.29 is 14.6 Å². The van der Waals surface area contributed by atoms with Crippen LogP contribution in [-0.4, -0.2) is 37.9 Å². The lowest BCUT2D eigenvalue weighted by Crippen LogP contribution is -2.37. The molecule has 104 valence electrons. The second kappa shape index (κ2) is 5.93. The maximum atomic E-state index is 11.3. The van der Waals surface area contributed by atoms with Crippen LogP contribution < -0.4 is 10.6 Å². The number of carbonyl (C=O) groups is 1. The second-order valence-corrected chi connectivity index (χ2v) is 4.99. The number of piperidine rings is 1. The molecular formula is C14H20N2O3. The van der Waals surface area contributed by atoms with E-state index in [2.05, 4.69) is 4.90 Å². The fourth-order valence-corrected chi connectivity index (χ4v) is 2.66. The fraction of sp³-hybridized carbons (Fsp3) is 0.500. The summed E-state index contributed by atoms with van der Waals surface area (Å²) in [5.41, 5.74) is 7.17. The van der Waals surface area contributed by atoms with Crippen molar-refractivity contribution in [3.8, 4) is 0 Å². The highest BCUT2D eigenvalue weighted by Gasteiger charge is 2.23. The number of nitrogen functional groups attached to an aromatic ring is 1. The average Bonchev–Trinajstić information content (AvgIpc) is 2.39. The van der Waals surface area contributed by atoms with E-state index in [9.17, 15) is 9.90 Å². The van der Waals surface area contributed by atoms with E-state index >= 15 is 0 Å². The fourth-order valence-electron chi connectivity index (χ4n) is 2.66. The Balaban J connectivity index is 2.23. The number of hydrogen-bond donors (Lipinski definition) is 2. The van der Waals surface area contributed by atoms with Gasteiger partial charge in [-0.25, -0.2) is 4.79 Å². The number of benzene rings is 1. The van der Waals surface area contributed by atoms with Gasteiger partial charge in [0.1, 0.15) is 0 Å². The molecule has 1 heterocycles. The monoisotopic (exact) mass is 264 g/mol. The lowest BCUT2D eigenvalue weighted by Gasteiger charge is -2.34. The standard InChI is InChI=1S/C14H20N2O3/c1-19-9-10-3-2-6-16(8-10)13-5-4-11(15)7-12(13)14(17)18/h4-5,7,10H,2-3,6,8-9,15H2,1H3,(H,17,18). The molecule has 0 aliphatic carbocycles. The Morgan fingerprint density at radius 1 is 1.58 bits per heavy atom. The van der Waals surface area contributed by atoms with Crippen molar-refractivity contribution in [1.29, 1.82) is 0 Å². The molecule has 5 heteroatoms. The first-order valence-electron chi connectivity index (χ1n) is 6.48. The zero-order valence-electron chi connectivity index (χ0n) is 11.1.